The molecule has 0 radical (unpaired) electrons. The topological polar surface area (TPSA) is 50.8 Å². The summed E-state index contributed by atoms with van der Waals surface area (Å²) in [7, 11) is 1.59. The highest BCUT2D eigenvalue weighted by molar-refractivity contribution is 6.32. The van der Waals surface area contributed by atoms with Crippen LogP contribution in [0.2, 0.25) is 5.02 Å². The molecule has 1 atom stereocenters. The summed E-state index contributed by atoms with van der Waals surface area (Å²) in [4.78, 5) is 14.1. The number of carbonyl (C=O) groups is 1. The summed E-state index contributed by atoms with van der Waals surface area (Å²) in [5.74, 6) is 0.647. The lowest BCUT2D eigenvalue weighted by Gasteiger charge is -2.29. The molecule has 1 saturated heterocycles. The molecule has 0 spiro atoms. The lowest BCUT2D eigenvalue weighted by atomic mass is 10.2. The van der Waals surface area contributed by atoms with Crippen LogP contribution in [-0.2, 0) is 4.74 Å². The predicted octanol–water partition coefficient (Wildman–Crippen LogP) is 4.16. The summed E-state index contributed by atoms with van der Waals surface area (Å²) in [6.07, 6.45) is 1.72. The van der Waals surface area contributed by atoms with Crippen LogP contribution < -0.4 is 10.1 Å². The molecule has 1 amide bonds. The first-order valence-corrected chi connectivity index (χ1v) is 8.25. The van der Waals surface area contributed by atoms with Crippen LogP contribution in [0.15, 0.2) is 18.2 Å². The molecule has 0 aromatic heterocycles. The van der Waals surface area contributed by atoms with Crippen LogP contribution in [0.1, 0.15) is 33.6 Å². The summed E-state index contributed by atoms with van der Waals surface area (Å²) in [5, 5.41) is 3.90. The van der Waals surface area contributed by atoms with E-state index in [1.165, 1.54) is 0 Å². The van der Waals surface area contributed by atoms with E-state index >= 15 is 0 Å². The number of benzene rings is 1. The third-order valence-corrected chi connectivity index (χ3v) is 3.99. The van der Waals surface area contributed by atoms with Crippen molar-refractivity contribution in [2.24, 2.45) is 0 Å². The van der Waals surface area contributed by atoms with Gasteiger partial charge in [-0.1, -0.05) is 11.6 Å². The van der Waals surface area contributed by atoms with Gasteiger partial charge in [-0.2, -0.15) is 0 Å². The molecule has 1 fully saturated rings. The van der Waals surface area contributed by atoms with Crippen molar-refractivity contribution >= 4 is 23.4 Å². The molecular formula is C17H25ClN2O3. The van der Waals surface area contributed by atoms with Crippen LogP contribution in [0, 0.1) is 0 Å². The van der Waals surface area contributed by atoms with Gasteiger partial charge in [0.05, 0.1) is 18.2 Å². The van der Waals surface area contributed by atoms with Crippen molar-refractivity contribution in [1.82, 2.24) is 4.90 Å². The zero-order chi connectivity index (χ0) is 17.0. The number of hydrogen-bond acceptors (Lipinski definition) is 4. The van der Waals surface area contributed by atoms with E-state index in [0.717, 1.165) is 25.1 Å². The molecule has 0 aliphatic carbocycles. The Labute approximate surface area is 142 Å². The summed E-state index contributed by atoms with van der Waals surface area (Å²) < 4.78 is 10.6. The highest BCUT2D eigenvalue weighted by Gasteiger charge is 2.31. The average molecular weight is 341 g/mol. The number of halogens is 1. The Morgan fingerprint density at radius 3 is 2.78 bits per heavy atom. The molecule has 0 saturated carbocycles. The molecule has 6 heteroatoms. The quantitative estimate of drug-likeness (QED) is 0.894. The number of nitrogens with zero attached hydrogens (tertiary/aromatic N) is 1. The minimum Gasteiger partial charge on any atom is -0.495 e. The summed E-state index contributed by atoms with van der Waals surface area (Å²) in [6.45, 7) is 7.06. The van der Waals surface area contributed by atoms with Crippen LogP contribution in [0.3, 0.4) is 0 Å². The maximum absolute atomic E-state index is 12.3. The first-order valence-electron chi connectivity index (χ1n) is 7.87. The third kappa shape index (κ3) is 4.93. The number of amides is 1. The lowest BCUT2D eigenvalue weighted by molar-refractivity contribution is 0.0235. The van der Waals surface area contributed by atoms with Crippen molar-refractivity contribution in [3.05, 3.63) is 23.2 Å². The van der Waals surface area contributed by atoms with Gasteiger partial charge in [-0.15, -0.1) is 0 Å². The van der Waals surface area contributed by atoms with Crippen LogP contribution in [-0.4, -0.2) is 42.8 Å². The number of anilines is 1. The van der Waals surface area contributed by atoms with Gasteiger partial charge in [-0.25, -0.2) is 4.79 Å². The van der Waals surface area contributed by atoms with Crippen LogP contribution in [0.4, 0.5) is 10.5 Å². The number of ether oxygens (including phenoxy) is 2. The number of nitrogens with one attached hydrogen (secondary N) is 1. The molecule has 1 aliphatic heterocycles. The summed E-state index contributed by atoms with van der Waals surface area (Å²) >= 11 is 6.13. The number of rotatable bonds is 4. The molecule has 23 heavy (non-hydrogen) atoms. The second-order valence-electron chi connectivity index (χ2n) is 6.70. The Hall–Kier alpha value is -1.62. The first-order chi connectivity index (χ1) is 10.8. The van der Waals surface area contributed by atoms with Crippen molar-refractivity contribution in [3.8, 4) is 5.75 Å². The van der Waals surface area contributed by atoms with E-state index in [1.54, 1.807) is 7.11 Å². The molecule has 1 unspecified atom stereocenters. The lowest BCUT2D eigenvalue weighted by Crippen LogP contribution is -2.42. The zero-order valence-corrected chi connectivity index (χ0v) is 14.9. The van der Waals surface area contributed by atoms with E-state index in [-0.39, 0.29) is 12.1 Å². The summed E-state index contributed by atoms with van der Waals surface area (Å²) in [6, 6.07) is 5.70. The standard InChI is InChI=1S/C17H25ClN2O3/c1-17(2,3)23-16(21)20-9-5-6-13(20)11-19-12-7-8-15(22-4)14(18)10-12/h7-8,10,13,19H,5-6,9,11H2,1-4H3. The molecule has 0 bridgehead atoms. The monoisotopic (exact) mass is 340 g/mol. The maximum Gasteiger partial charge on any atom is 0.410 e. The highest BCUT2D eigenvalue weighted by atomic mass is 35.5. The van der Waals surface area contributed by atoms with Gasteiger partial charge >= 0.3 is 6.09 Å². The molecular weight excluding hydrogens is 316 g/mol. The Morgan fingerprint density at radius 2 is 2.17 bits per heavy atom. The van der Waals surface area contributed by atoms with E-state index in [9.17, 15) is 4.79 Å². The van der Waals surface area contributed by atoms with E-state index in [2.05, 4.69) is 5.32 Å². The molecule has 1 aromatic rings. The van der Waals surface area contributed by atoms with Gasteiger partial charge in [-0.3, -0.25) is 0 Å². The fourth-order valence-electron chi connectivity index (χ4n) is 2.62. The van der Waals surface area contributed by atoms with E-state index in [1.807, 2.05) is 43.9 Å². The van der Waals surface area contributed by atoms with Crippen molar-refractivity contribution in [3.63, 3.8) is 0 Å². The van der Waals surface area contributed by atoms with Crippen LogP contribution in [0.25, 0.3) is 0 Å². The van der Waals surface area contributed by atoms with Crippen molar-refractivity contribution < 1.29 is 14.3 Å². The second-order valence-corrected chi connectivity index (χ2v) is 7.11. The minimum absolute atomic E-state index is 0.130. The largest absolute Gasteiger partial charge is 0.495 e. The maximum atomic E-state index is 12.3. The van der Waals surface area contributed by atoms with Gasteiger partial charge in [0.2, 0.25) is 0 Å². The van der Waals surface area contributed by atoms with Crippen LogP contribution in [0.5, 0.6) is 5.75 Å². The van der Waals surface area contributed by atoms with Crippen LogP contribution >= 0.6 is 11.6 Å². The van der Waals surface area contributed by atoms with Gasteiger partial charge in [0.25, 0.3) is 0 Å². The molecule has 2 rings (SSSR count). The molecule has 1 N–H and O–H groups in total. The smallest absolute Gasteiger partial charge is 0.410 e. The molecule has 5 nitrogen and oxygen atoms in total. The van der Waals surface area contributed by atoms with Gasteiger partial charge in [0, 0.05) is 18.8 Å². The van der Waals surface area contributed by atoms with E-state index in [4.69, 9.17) is 21.1 Å². The predicted molar refractivity (Wildman–Crippen MR) is 92.5 cm³/mol. The third-order valence-electron chi connectivity index (χ3n) is 3.70. The van der Waals surface area contributed by atoms with E-state index in [0.29, 0.717) is 17.3 Å². The molecule has 1 aromatic carbocycles. The fourth-order valence-corrected chi connectivity index (χ4v) is 2.88. The van der Waals surface area contributed by atoms with Crippen molar-refractivity contribution in [1.29, 1.82) is 0 Å². The Bertz CT molecular complexity index is 557. The van der Waals surface area contributed by atoms with Gasteiger partial charge in [-0.05, 0) is 51.8 Å². The summed E-state index contributed by atoms with van der Waals surface area (Å²) in [5.41, 5.74) is 0.438. The zero-order valence-electron chi connectivity index (χ0n) is 14.2. The number of likely N-dealkylation sites (tertiary alicyclic amines) is 1. The Kier molecular flexibility index (Phi) is 5.63. The van der Waals surface area contributed by atoms with E-state index < -0.39 is 5.60 Å². The van der Waals surface area contributed by atoms with Gasteiger partial charge < -0.3 is 19.7 Å². The van der Waals surface area contributed by atoms with Crippen molar-refractivity contribution in [2.45, 2.75) is 45.3 Å². The Morgan fingerprint density at radius 1 is 1.43 bits per heavy atom. The molecule has 1 heterocycles. The molecule has 1 aliphatic rings. The normalized spacial score (nSPS) is 18.0. The number of methoxy groups -OCH3 is 1. The number of carbonyl (C=O) groups excluding carboxylic acids is 1. The number of hydrogen-bond donors (Lipinski definition) is 1. The SMILES string of the molecule is COc1ccc(NCC2CCCN2C(=O)OC(C)(C)C)cc1Cl. The van der Waals surface area contributed by atoms with Gasteiger partial charge in [0.15, 0.2) is 0 Å². The second kappa shape index (κ2) is 7.30. The molecule has 128 valence electrons. The average Bonchev–Trinajstić information content (AvgIpc) is 2.92. The first kappa shape index (κ1) is 17.7. The van der Waals surface area contributed by atoms with Gasteiger partial charge in [0.1, 0.15) is 11.4 Å². The minimum atomic E-state index is -0.471. The highest BCUT2D eigenvalue weighted by Crippen LogP contribution is 2.28. The Balaban J connectivity index is 1.94. The fraction of sp³-hybridized carbons (Fsp3) is 0.588. The van der Waals surface area contributed by atoms with Crippen molar-refractivity contribution in [2.75, 3.05) is 25.5 Å².